The molecule has 164 valence electrons. The van der Waals surface area contributed by atoms with Gasteiger partial charge in [-0.1, -0.05) is 40.5 Å². The van der Waals surface area contributed by atoms with Gasteiger partial charge in [0, 0.05) is 30.0 Å². The van der Waals surface area contributed by atoms with Crippen molar-refractivity contribution in [3.8, 4) is 0 Å². The Hall–Kier alpha value is -1.73. The van der Waals surface area contributed by atoms with Gasteiger partial charge in [-0.3, -0.25) is 14.2 Å². The number of aliphatic hydroxyl groups is 1. The zero-order chi connectivity index (χ0) is 21.5. The van der Waals surface area contributed by atoms with Crippen molar-refractivity contribution < 1.29 is 14.6 Å². The van der Waals surface area contributed by atoms with Crippen molar-refractivity contribution >= 4 is 5.91 Å². The quantitative estimate of drug-likeness (QED) is 0.490. The average Bonchev–Trinajstić information content (AvgIpc) is 3.49. The van der Waals surface area contributed by atoms with E-state index in [1.54, 1.807) is 0 Å². The van der Waals surface area contributed by atoms with E-state index < -0.39 is 0 Å². The number of nitrogens with one attached hydrogen (secondary N) is 1. The maximum absolute atomic E-state index is 12.8. The number of unbranched alkanes of at least 4 members (excludes halogenated alkanes) is 2. The molecule has 0 unspecified atom stereocenters. The van der Waals surface area contributed by atoms with Crippen molar-refractivity contribution in [2.24, 2.45) is 5.41 Å². The summed E-state index contributed by atoms with van der Waals surface area (Å²) in [6.45, 7) is 9.56. The molecule has 1 aliphatic carbocycles. The summed E-state index contributed by atoms with van der Waals surface area (Å²) in [7, 11) is 0. The first kappa shape index (κ1) is 23.5. The fourth-order valence-electron chi connectivity index (χ4n) is 3.03. The van der Waals surface area contributed by atoms with Gasteiger partial charge in [-0.15, -0.1) is 0 Å². The summed E-state index contributed by atoms with van der Waals surface area (Å²) in [6.07, 6.45) is 5.86. The molecule has 0 saturated heterocycles. The SMILES string of the molecule is CCCCCOCc1nc(C(C)(C)CC)cc(=O)n1CC(=O)NCC1(CO)CC1. The number of nitrogens with zero attached hydrogens (tertiary/aromatic N) is 2. The summed E-state index contributed by atoms with van der Waals surface area (Å²) in [5.74, 6) is 0.243. The van der Waals surface area contributed by atoms with Gasteiger partial charge in [0.25, 0.3) is 5.56 Å². The van der Waals surface area contributed by atoms with E-state index in [-0.39, 0.29) is 42.1 Å². The minimum absolute atomic E-state index is 0.0758. The van der Waals surface area contributed by atoms with Crippen LogP contribution in [0.5, 0.6) is 0 Å². The predicted molar refractivity (Wildman–Crippen MR) is 113 cm³/mol. The molecule has 0 radical (unpaired) electrons. The van der Waals surface area contributed by atoms with Crippen LogP contribution >= 0.6 is 0 Å². The Balaban J connectivity index is 2.14. The lowest BCUT2D eigenvalue weighted by molar-refractivity contribution is -0.122. The number of ether oxygens (including phenoxy) is 1. The zero-order valence-electron chi connectivity index (χ0n) is 18.4. The zero-order valence-corrected chi connectivity index (χ0v) is 18.4. The topological polar surface area (TPSA) is 93.5 Å². The molecule has 7 nitrogen and oxygen atoms in total. The van der Waals surface area contributed by atoms with Crippen LogP contribution in [0.1, 0.15) is 77.7 Å². The van der Waals surface area contributed by atoms with E-state index in [0.29, 0.717) is 19.0 Å². The summed E-state index contributed by atoms with van der Waals surface area (Å²) in [5, 5.41) is 12.3. The van der Waals surface area contributed by atoms with Gasteiger partial charge < -0.3 is 15.2 Å². The maximum Gasteiger partial charge on any atom is 0.254 e. The van der Waals surface area contributed by atoms with Crippen LogP contribution in [0.3, 0.4) is 0 Å². The van der Waals surface area contributed by atoms with Crippen LogP contribution in [-0.4, -0.2) is 40.3 Å². The summed E-state index contributed by atoms with van der Waals surface area (Å²) in [5.41, 5.74) is 0.101. The summed E-state index contributed by atoms with van der Waals surface area (Å²) >= 11 is 0. The number of hydrogen-bond donors (Lipinski definition) is 2. The van der Waals surface area contributed by atoms with Gasteiger partial charge in [-0.25, -0.2) is 4.98 Å². The Labute approximate surface area is 173 Å². The highest BCUT2D eigenvalue weighted by molar-refractivity contribution is 5.75. The van der Waals surface area contributed by atoms with Gasteiger partial charge in [-0.2, -0.15) is 0 Å². The lowest BCUT2D eigenvalue weighted by Gasteiger charge is -2.24. The number of carbonyl (C=O) groups excluding carboxylic acids is 1. The van der Waals surface area contributed by atoms with Gasteiger partial charge in [0.15, 0.2) is 0 Å². The molecule has 2 N–H and O–H groups in total. The van der Waals surface area contributed by atoms with Crippen LogP contribution in [-0.2, 0) is 28.1 Å². The number of carbonyl (C=O) groups is 1. The highest BCUT2D eigenvalue weighted by Gasteiger charge is 2.42. The highest BCUT2D eigenvalue weighted by Crippen LogP contribution is 2.44. The van der Waals surface area contributed by atoms with E-state index in [1.165, 1.54) is 10.6 Å². The molecule has 7 heteroatoms. The molecule has 0 atom stereocenters. The fraction of sp³-hybridized carbons (Fsp3) is 0.773. The van der Waals surface area contributed by atoms with Crippen molar-refractivity contribution in [2.75, 3.05) is 19.8 Å². The smallest absolute Gasteiger partial charge is 0.254 e. The minimum Gasteiger partial charge on any atom is -0.396 e. The van der Waals surface area contributed by atoms with E-state index >= 15 is 0 Å². The second-order valence-corrected chi connectivity index (χ2v) is 8.91. The molecule has 0 bridgehead atoms. The van der Waals surface area contributed by atoms with Crippen LogP contribution in [0.25, 0.3) is 0 Å². The van der Waals surface area contributed by atoms with Crippen LogP contribution in [0.2, 0.25) is 0 Å². The van der Waals surface area contributed by atoms with Crippen molar-refractivity contribution in [1.82, 2.24) is 14.9 Å². The first-order valence-corrected chi connectivity index (χ1v) is 10.8. The van der Waals surface area contributed by atoms with Crippen LogP contribution in [0.15, 0.2) is 10.9 Å². The summed E-state index contributed by atoms with van der Waals surface area (Å²) in [4.78, 5) is 30.0. The molecule has 1 saturated carbocycles. The van der Waals surface area contributed by atoms with E-state index in [4.69, 9.17) is 9.72 Å². The molecule has 1 aliphatic rings. The Morgan fingerprint density at radius 1 is 1.34 bits per heavy atom. The van der Waals surface area contributed by atoms with Crippen molar-refractivity contribution in [3.63, 3.8) is 0 Å². The second-order valence-electron chi connectivity index (χ2n) is 8.91. The molecule has 1 aromatic rings. The number of aromatic nitrogens is 2. The van der Waals surface area contributed by atoms with Gasteiger partial charge >= 0.3 is 0 Å². The lowest BCUT2D eigenvalue weighted by atomic mass is 9.86. The van der Waals surface area contributed by atoms with Crippen molar-refractivity contribution in [1.29, 1.82) is 0 Å². The summed E-state index contributed by atoms with van der Waals surface area (Å²) in [6, 6.07) is 1.54. The van der Waals surface area contributed by atoms with Gasteiger partial charge in [0.05, 0.1) is 12.3 Å². The largest absolute Gasteiger partial charge is 0.396 e. The third-order valence-electron chi connectivity index (χ3n) is 6.04. The molecule has 1 amide bonds. The molecule has 1 aromatic heterocycles. The highest BCUT2D eigenvalue weighted by atomic mass is 16.5. The monoisotopic (exact) mass is 407 g/mol. The normalized spacial score (nSPS) is 15.3. The maximum atomic E-state index is 12.8. The van der Waals surface area contributed by atoms with Crippen molar-refractivity contribution in [2.45, 2.75) is 84.8 Å². The third-order valence-corrected chi connectivity index (χ3v) is 6.04. The molecule has 1 fully saturated rings. The average molecular weight is 408 g/mol. The number of hydrogen-bond acceptors (Lipinski definition) is 5. The lowest BCUT2D eigenvalue weighted by Crippen LogP contribution is -2.38. The molecule has 29 heavy (non-hydrogen) atoms. The van der Waals surface area contributed by atoms with E-state index in [1.807, 2.05) is 0 Å². The Morgan fingerprint density at radius 2 is 2.07 bits per heavy atom. The number of rotatable bonds is 13. The Kier molecular flexibility index (Phi) is 8.40. The van der Waals surface area contributed by atoms with Crippen LogP contribution in [0.4, 0.5) is 0 Å². The Morgan fingerprint density at radius 3 is 2.66 bits per heavy atom. The first-order chi connectivity index (χ1) is 13.8. The van der Waals surface area contributed by atoms with Gasteiger partial charge in [0.1, 0.15) is 19.0 Å². The standard InChI is InChI=1S/C22H37N3O4/c1-5-7-8-11-29-14-18-24-17(21(3,4)6-2)12-20(28)25(18)13-19(27)23-15-22(16-26)9-10-22/h12,26H,5-11,13-16H2,1-4H3,(H,23,27). The van der Waals surface area contributed by atoms with E-state index in [0.717, 1.165) is 44.2 Å². The minimum atomic E-state index is -0.247. The summed E-state index contributed by atoms with van der Waals surface area (Å²) < 4.78 is 7.16. The number of amides is 1. The Bertz CT molecular complexity index is 738. The molecule has 0 spiro atoms. The van der Waals surface area contributed by atoms with Crippen LogP contribution < -0.4 is 10.9 Å². The van der Waals surface area contributed by atoms with Crippen LogP contribution in [0, 0.1) is 5.41 Å². The molecular weight excluding hydrogens is 370 g/mol. The second kappa shape index (κ2) is 10.3. The molecule has 1 heterocycles. The fourth-order valence-corrected chi connectivity index (χ4v) is 3.03. The van der Waals surface area contributed by atoms with Gasteiger partial charge in [0.2, 0.25) is 5.91 Å². The molecular formula is C22H37N3O4. The molecule has 2 rings (SSSR count). The van der Waals surface area contributed by atoms with E-state index in [9.17, 15) is 14.7 Å². The van der Waals surface area contributed by atoms with E-state index in [2.05, 4.69) is 33.0 Å². The number of aliphatic hydroxyl groups excluding tert-OH is 1. The molecule has 0 aliphatic heterocycles. The molecule has 0 aromatic carbocycles. The first-order valence-electron chi connectivity index (χ1n) is 10.8. The predicted octanol–water partition coefficient (Wildman–Crippen LogP) is 2.53. The van der Waals surface area contributed by atoms with Crippen molar-refractivity contribution in [3.05, 3.63) is 27.9 Å². The third kappa shape index (κ3) is 6.64. The van der Waals surface area contributed by atoms with Gasteiger partial charge in [-0.05, 0) is 25.7 Å².